The Bertz CT molecular complexity index is 556. The zero-order valence-corrected chi connectivity index (χ0v) is 15.3. The van der Waals surface area contributed by atoms with Crippen molar-refractivity contribution in [2.45, 2.75) is 46.5 Å². The van der Waals surface area contributed by atoms with Crippen molar-refractivity contribution in [3.8, 4) is 0 Å². The minimum Gasteiger partial charge on any atom is -0.481 e. The summed E-state index contributed by atoms with van der Waals surface area (Å²) >= 11 is 0. The van der Waals surface area contributed by atoms with Crippen molar-refractivity contribution in [2.24, 2.45) is 0 Å². The van der Waals surface area contributed by atoms with E-state index in [4.69, 9.17) is 15.1 Å². The van der Waals surface area contributed by atoms with E-state index in [1.165, 1.54) is 0 Å². The molecule has 0 aromatic heterocycles. The molecule has 0 aliphatic carbocycles. The van der Waals surface area contributed by atoms with Gasteiger partial charge in [-0.3, -0.25) is 14.4 Å². The lowest BCUT2D eigenvalue weighted by atomic mass is 10.0. The van der Waals surface area contributed by atoms with Gasteiger partial charge < -0.3 is 15.5 Å². The Balaban J connectivity index is 0.000000660. The zero-order valence-electron chi connectivity index (χ0n) is 15.3. The fourth-order valence-electron chi connectivity index (χ4n) is 1.92. The predicted octanol–water partition coefficient (Wildman–Crippen LogP) is 2.32. The number of hydrogen-bond donors (Lipinski definition) is 5. The Morgan fingerprint density at radius 1 is 0.962 bits per heavy atom. The first-order valence-corrected chi connectivity index (χ1v) is 8.33. The number of benzene rings is 1. The SMILES string of the molecule is CCONNC(=O)Nc1c(CC)cccc1CC.O=C(O)CCC(=O)O. The zero-order chi connectivity index (χ0) is 19.9. The van der Waals surface area contributed by atoms with Crippen LogP contribution < -0.4 is 16.3 Å². The third-order valence-corrected chi connectivity index (χ3v) is 3.17. The lowest BCUT2D eigenvalue weighted by Crippen LogP contribution is -2.40. The molecule has 0 bridgehead atoms. The third kappa shape index (κ3) is 10.3. The summed E-state index contributed by atoms with van der Waals surface area (Å²) in [5.74, 6) is -2.15. The van der Waals surface area contributed by atoms with E-state index in [1.807, 2.05) is 25.1 Å². The van der Waals surface area contributed by atoms with Crippen LogP contribution >= 0.6 is 0 Å². The molecule has 146 valence electrons. The molecule has 0 radical (unpaired) electrons. The summed E-state index contributed by atoms with van der Waals surface area (Å²) in [6.45, 7) is 6.44. The van der Waals surface area contributed by atoms with Gasteiger partial charge in [0, 0.05) is 5.69 Å². The Labute approximate surface area is 152 Å². The summed E-state index contributed by atoms with van der Waals surface area (Å²) in [7, 11) is 0. The monoisotopic (exact) mass is 369 g/mol. The molecule has 2 amide bonds. The molecule has 0 aliphatic heterocycles. The van der Waals surface area contributed by atoms with Crippen LogP contribution in [0.5, 0.6) is 0 Å². The third-order valence-electron chi connectivity index (χ3n) is 3.17. The fraction of sp³-hybridized carbons (Fsp3) is 0.471. The molecule has 26 heavy (non-hydrogen) atoms. The average molecular weight is 369 g/mol. The van der Waals surface area contributed by atoms with Gasteiger partial charge in [0.1, 0.15) is 0 Å². The molecule has 9 heteroatoms. The number of aliphatic carboxylic acids is 2. The van der Waals surface area contributed by atoms with E-state index in [0.29, 0.717) is 6.61 Å². The molecule has 5 N–H and O–H groups in total. The van der Waals surface area contributed by atoms with E-state index in [-0.39, 0.29) is 18.9 Å². The molecule has 0 heterocycles. The van der Waals surface area contributed by atoms with Crippen molar-refractivity contribution in [3.05, 3.63) is 29.3 Å². The molecule has 0 aliphatic rings. The van der Waals surface area contributed by atoms with Gasteiger partial charge in [-0.25, -0.2) is 10.2 Å². The van der Waals surface area contributed by atoms with E-state index in [0.717, 1.165) is 29.7 Å². The molecule has 0 fully saturated rings. The molecule has 1 aromatic carbocycles. The van der Waals surface area contributed by atoms with E-state index >= 15 is 0 Å². The summed E-state index contributed by atoms with van der Waals surface area (Å²) in [5, 5.41) is 18.6. The van der Waals surface area contributed by atoms with Gasteiger partial charge in [0.05, 0.1) is 19.4 Å². The van der Waals surface area contributed by atoms with E-state index in [9.17, 15) is 14.4 Å². The lowest BCUT2D eigenvalue weighted by molar-refractivity contribution is -0.143. The minimum absolute atomic E-state index is 0.296. The summed E-state index contributed by atoms with van der Waals surface area (Å²) < 4.78 is 0. The molecule has 9 nitrogen and oxygen atoms in total. The number of urea groups is 1. The first-order valence-electron chi connectivity index (χ1n) is 8.33. The van der Waals surface area contributed by atoms with E-state index in [2.05, 4.69) is 30.2 Å². The van der Waals surface area contributed by atoms with Crippen LogP contribution in [0.25, 0.3) is 0 Å². The Morgan fingerprint density at radius 3 is 1.85 bits per heavy atom. The number of para-hydroxylation sites is 1. The van der Waals surface area contributed by atoms with Crippen molar-refractivity contribution in [1.82, 2.24) is 11.0 Å². The van der Waals surface area contributed by atoms with Crippen LogP contribution in [0.3, 0.4) is 0 Å². The molecular weight excluding hydrogens is 342 g/mol. The molecule has 0 atom stereocenters. The topological polar surface area (TPSA) is 137 Å². The van der Waals surface area contributed by atoms with Crippen molar-refractivity contribution < 1.29 is 29.4 Å². The van der Waals surface area contributed by atoms with Crippen LogP contribution in [0.1, 0.15) is 44.7 Å². The van der Waals surface area contributed by atoms with Gasteiger partial charge in [-0.1, -0.05) is 32.0 Å². The summed E-state index contributed by atoms with van der Waals surface area (Å²) in [5.41, 5.74) is 7.92. The maximum Gasteiger partial charge on any atom is 0.335 e. The summed E-state index contributed by atoms with van der Waals surface area (Å²) in [6, 6.07) is 5.72. The predicted molar refractivity (Wildman–Crippen MR) is 96.6 cm³/mol. The number of carboxylic acid groups (broad SMARTS) is 2. The van der Waals surface area contributed by atoms with Crippen LogP contribution in [0.2, 0.25) is 0 Å². The standard InChI is InChI=1S/C13H21N3O2.C4H6O4/c1-4-10-8-7-9-11(5-2)12(10)14-13(17)15-16-18-6-3;5-3(6)1-2-4(7)8/h7-9,16H,4-6H2,1-3H3,(H2,14,15,17);1-2H2,(H,5,6)(H,7,8). The van der Waals surface area contributed by atoms with Gasteiger partial charge >= 0.3 is 18.0 Å². The number of rotatable bonds is 9. The first-order chi connectivity index (χ1) is 12.3. The van der Waals surface area contributed by atoms with Gasteiger partial charge in [0.2, 0.25) is 0 Å². The number of carbonyl (C=O) groups is 3. The quantitative estimate of drug-likeness (QED) is 0.333. The molecule has 0 saturated carbocycles. The average Bonchev–Trinajstić information content (AvgIpc) is 2.61. The van der Waals surface area contributed by atoms with Crippen LogP contribution in [0, 0.1) is 0 Å². The number of amides is 2. The lowest BCUT2D eigenvalue weighted by Gasteiger charge is -2.15. The number of nitrogens with one attached hydrogen (secondary N) is 3. The van der Waals surface area contributed by atoms with Crippen molar-refractivity contribution in [3.63, 3.8) is 0 Å². The van der Waals surface area contributed by atoms with Gasteiger partial charge in [-0.2, -0.15) is 0 Å². The number of carboxylic acids is 2. The van der Waals surface area contributed by atoms with E-state index < -0.39 is 11.9 Å². The second-order valence-corrected chi connectivity index (χ2v) is 5.06. The van der Waals surface area contributed by atoms with Crippen molar-refractivity contribution in [2.75, 3.05) is 11.9 Å². The smallest absolute Gasteiger partial charge is 0.335 e. The van der Waals surface area contributed by atoms with Gasteiger partial charge in [-0.05, 0) is 30.9 Å². The largest absolute Gasteiger partial charge is 0.481 e. The Hall–Kier alpha value is -2.65. The Morgan fingerprint density at radius 2 is 1.46 bits per heavy atom. The summed E-state index contributed by atoms with van der Waals surface area (Å²) in [4.78, 5) is 35.8. The van der Waals surface area contributed by atoms with Crippen molar-refractivity contribution in [1.29, 1.82) is 0 Å². The fourth-order valence-corrected chi connectivity index (χ4v) is 1.92. The molecule has 0 saturated heterocycles. The maximum atomic E-state index is 11.7. The highest BCUT2D eigenvalue weighted by atomic mass is 16.7. The molecule has 1 rings (SSSR count). The van der Waals surface area contributed by atoms with Crippen LogP contribution in [-0.4, -0.2) is 34.8 Å². The highest BCUT2D eigenvalue weighted by molar-refractivity contribution is 5.90. The van der Waals surface area contributed by atoms with Crippen LogP contribution in [0.15, 0.2) is 18.2 Å². The van der Waals surface area contributed by atoms with Crippen LogP contribution in [-0.2, 0) is 27.3 Å². The minimum atomic E-state index is -1.08. The van der Waals surface area contributed by atoms with Gasteiger partial charge in [0.15, 0.2) is 0 Å². The number of hydrogen-bond acceptors (Lipinski definition) is 5. The summed E-state index contributed by atoms with van der Waals surface area (Å²) in [6.07, 6.45) is 1.16. The Kier molecular flexibility index (Phi) is 12.2. The number of anilines is 1. The second kappa shape index (κ2) is 13.6. The highest BCUT2D eigenvalue weighted by Gasteiger charge is 2.09. The highest BCUT2D eigenvalue weighted by Crippen LogP contribution is 2.22. The number of aryl methyl sites for hydroxylation is 2. The molecular formula is C17H27N3O6. The molecule has 0 spiro atoms. The van der Waals surface area contributed by atoms with Gasteiger partial charge in [-0.15, -0.1) is 5.59 Å². The maximum absolute atomic E-state index is 11.7. The van der Waals surface area contributed by atoms with E-state index in [1.54, 1.807) is 0 Å². The second-order valence-electron chi connectivity index (χ2n) is 5.06. The van der Waals surface area contributed by atoms with Crippen molar-refractivity contribution >= 4 is 23.7 Å². The van der Waals surface area contributed by atoms with Gasteiger partial charge in [0.25, 0.3) is 0 Å². The number of hydrazine groups is 1. The normalized spacial score (nSPS) is 9.65. The first kappa shape index (κ1) is 23.4. The molecule has 0 unspecified atom stereocenters. The number of carbonyl (C=O) groups excluding carboxylic acids is 1. The molecule has 1 aromatic rings. The van der Waals surface area contributed by atoms with Crippen LogP contribution in [0.4, 0.5) is 10.5 Å².